The number of methoxy groups -OCH3 is 1. The minimum Gasteiger partial charge on any atom is -0.496 e. The van der Waals surface area contributed by atoms with Crippen molar-refractivity contribution in [1.29, 1.82) is 5.26 Å². The number of aryl methyl sites for hydroxylation is 2. The van der Waals surface area contributed by atoms with Crippen molar-refractivity contribution in [3.8, 4) is 23.1 Å². The van der Waals surface area contributed by atoms with E-state index in [1.807, 2.05) is 32.0 Å². The van der Waals surface area contributed by atoms with E-state index in [9.17, 15) is 0 Å². The van der Waals surface area contributed by atoms with Crippen molar-refractivity contribution >= 4 is 15.9 Å². The van der Waals surface area contributed by atoms with E-state index in [4.69, 9.17) is 14.5 Å². The fourth-order valence-corrected chi connectivity index (χ4v) is 2.39. The van der Waals surface area contributed by atoms with Gasteiger partial charge >= 0.3 is 0 Å². The molecule has 4 nitrogen and oxygen atoms in total. The lowest BCUT2D eigenvalue weighted by atomic mass is 10.0. The zero-order valence-electron chi connectivity index (χ0n) is 10.2. The molecule has 92 valence electrons. The highest BCUT2D eigenvalue weighted by Gasteiger charge is 2.17. The summed E-state index contributed by atoms with van der Waals surface area (Å²) in [7, 11) is 1.65. The Morgan fingerprint density at radius 2 is 1.94 bits per heavy atom. The van der Waals surface area contributed by atoms with Gasteiger partial charge in [0.25, 0.3) is 0 Å². The van der Waals surface area contributed by atoms with Crippen molar-refractivity contribution in [1.82, 2.24) is 5.16 Å². The van der Waals surface area contributed by atoms with Crippen molar-refractivity contribution in [2.75, 3.05) is 7.11 Å². The largest absolute Gasteiger partial charge is 0.496 e. The number of aromatic nitrogens is 1. The van der Waals surface area contributed by atoms with Crippen molar-refractivity contribution in [3.63, 3.8) is 0 Å². The molecule has 0 aliphatic rings. The van der Waals surface area contributed by atoms with Gasteiger partial charge in [-0.25, -0.2) is 0 Å². The predicted octanol–water partition coefficient (Wildman–Crippen LogP) is 3.60. The van der Waals surface area contributed by atoms with E-state index in [1.54, 1.807) is 7.11 Å². The second kappa shape index (κ2) is 4.83. The predicted molar refractivity (Wildman–Crippen MR) is 70.4 cm³/mol. The number of nitrogens with zero attached hydrogens (tertiary/aromatic N) is 2. The van der Waals surface area contributed by atoms with Gasteiger partial charge in [-0.15, -0.1) is 0 Å². The first kappa shape index (κ1) is 12.7. The molecule has 0 unspecified atom stereocenters. The molecular formula is C13H11BrN2O2. The van der Waals surface area contributed by atoms with E-state index in [-0.39, 0.29) is 5.69 Å². The molecule has 18 heavy (non-hydrogen) atoms. The molecule has 2 aromatic rings. The zero-order valence-corrected chi connectivity index (χ0v) is 11.8. The average molecular weight is 307 g/mol. The molecular weight excluding hydrogens is 296 g/mol. The number of hydrogen-bond acceptors (Lipinski definition) is 4. The minimum absolute atomic E-state index is 0.246. The van der Waals surface area contributed by atoms with Crippen LogP contribution in [0.3, 0.4) is 0 Å². The highest BCUT2D eigenvalue weighted by Crippen LogP contribution is 2.35. The van der Waals surface area contributed by atoms with Gasteiger partial charge in [0.2, 0.25) is 0 Å². The normalized spacial score (nSPS) is 10.2. The second-order valence-electron chi connectivity index (χ2n) is 3.93. The molecule has 0 N–H and O–H groups in total. The Labute approximate surface area is 113 Å². The molecule has 0 atom stereocenters. The SMILES string of the molecule is COc1c(C)cc(-c2onc(C#N)c2Br)cc1C. The highest BCUT2D eigenvalue weighted by molar-refractivity contribution is 9.10. The van der Waals surface area contributed by atoms with Crippen LogP contribution in [0.2, 0.25) is 0 Å². The lowest BCUT2D eigenvalue weighted by molar-refractivity contribution is 0.408. The second-order valence-corrected chi connectivity index (χ2v) is 4.72. The summed E-state index contributed by atoms with van der Waals surface area (Å²) < 4.78 is 11.1. The molecule has 0 bridgehead atoms. The molecule has 1 aromatic heterocycles. The van der Waals surface area contributed by atoms with Crippen LogP contribution in [0.5, 0.6) is 5.75 Å². The van der Waals surface area contributed by atoms with E-state index in [0.29, 0.717) is 10.2 Å². The Hall–Kier alpha value is -1.80. The number of benzene rings is 1. The monoisotopic (exact) mass is 306 g/mol. The summed E-state index contributed by atoms with van der Waals surface area (Å²) in [5, 5.41) is 12.5. The van der Waals surface area contributed by atoms with Crippen LogP contribution >= 0.6 is 15.9 Å². The smallest absolute Gasteiger partial charge is 0.198 e. The van der Waals surface area contributed by atoms with Crippen molar-refractivity contribution in [2.45, 2.75) is 13.8 Å². The maximum Gasteiger partial charge on any atom is 0.198 e. The van der Waals surface area contributed by atoms with E-state index in [2.05, 4.69) is 21.1 Å². The molecule has 0 aliphatic heterocycles. The number of hydrogen-bond donors (Lipinski definition) is 0. The average Bonchev–Trinajstić information content (AvgIpc) is 2.70. The third kappa shape index (κ3) is 2.00. The molecule has 0 saturated carbocycles. The fourth-order valence-electron chi connectivity index (χ4n) is 1.93. The standard InChI is InChI=1S/C13H11BrN2O2/c1-7-4-9(5-8(2)12(7)17-3)13-11(14)10(6-15)16-18-13/h4-5H,1-3H3. The molecule has 2 rings (SSSR count). The lowest BCUT2D eigenvalue weighted by Crippen LogP contribution is -1.92. The molecule has 1 heterocycles. The quantitative estimate of drug-likeness (QED) is 0.850. The van der Waals surface area contributed by atoms with Crippen LogP contribution in [0.1, 0.15) is 16.8 Å². The summed E-state index contributed by atoms with van der Waals surface area (Å²) in [4.78, 5) is 0. The first-order chi connectivity index (χ1) is 8.58. The summed E-state index contributed by atoms with van der Waals surface area (Å²) in [5.74, 6) is 1.41. The number of rotatable bonds is 2. The van der Waals surface area contributed by atoms with Gasteiger partial charge in [0.15, 0.2) is 11.5 Å². The Bertz CT molecular complexity index is 618. The van der Waals surface area contributed by atoms with E-state index in [1.165, 1.54) is 0 Å². The molecule has 0 radical (unpaired) electrons. The van der Waals surface area contributed by atoms with Gasteiger partial charge in [0.05, 0.1) is 7.11 Å². The minimum atomic E-state index is 0.246. The Kier molecular flexibility index (Phi) is 3.39. The van der Waals surface area contributed by atoms with Gasteiger partial charge in [0.1, 0.15) is 16.3 Å². The number of ether oxygens (including phenoxy) is 1. The highest BCUT2D eigenvalue weighted by atomic mass is 79.9. The Morgan fingerprint density at radius 1 is 1.33 bits per heavy atom. The van der Waals surface area contributed by atoms with Gasteiger partial charge in [0, 0.05) is 5.56 Å². The molecule has 5 heteroatoms. The van der Waals surface area contributed by atoms with Crippen LogP contribution in [0, 0.1) is 25.2 Å². The summed E-state index contributed by atoms with van der Waals surface area (Å²) in [6.45, 7) is 3.93. The summed E-state index contributed by atoms with van der Waals surface area (Å²) in [6.07, 6.45) is 0. The summed E-state index contributed by atoms with van der Waals surface area (Å²) in [5.41, 5.74) is 3.13. The van der Waals surface area contributed by atoms with Crippen LogP contribution in [0.15, 0.2) is 21.1 Å². The fraction of sp³-hybridized carbons (Fsp3) is 0.231. The first-order valence-corrected chi connectivity index (χ1v) is 6.08. The molecule has 1 aromatic carbocycles. The Morgan fingerprint density at radius 3 is 2.39 bits per heavy atom. The topological polar surface area (TPSA) is 59.1 Å². The van der Waals surface area contributed by atoms with Crippen LogP contribution < -0.4 is 4.74 Å². The van der Waals surface area contributed by atoms with E-state index >= 15 is 0 Å². The number of nitriles is 1. The van der Waals surface area contributed by atoms with Crippen LogP contribution in [-0.2, 0) is 0 Å². The molecule has 0 fully saturated rings. The van der Waals surface area contributed by atoms with Gasteiger partial charge < -0.3 is 9.26 Å². The summed E-state index contributed by atoms with van der Waals surface area (Å²) >= 11 is 3.32. The summed E-state index contributed by atoms with van der Waals surface area (Å²) in [6, 6.07) is 5.85. The third-order valence-electron chi connectivity index (χ3n) is 2.67. The lowest BCUT2D eigenvalue weighted by Gasteiger charge is -2.09. The zero-order chi connectivity index (χ0) is 13.3. The first-order valence-electron chi connectivity index (χ1n) is 5.29. The number of halogens is 1. The van der Waals surface area contributed by atoms with Crippen LogP contribution in [-0.4, -0.2) is 12.3 Å². The maximum atomic E-state index is 8.85. The molecule has 0 amide bonds. The van der Waals surface area contributed by atoms with Gasteiger partial charge in [-0.3, -0.25) is 0 Å². The van der Waals surface area contributed by atoms with E-state index in [0.717, 1.165) is 22.4 Å². The Balaban J connectivity index is 2.59. The van der Waals surface area contributed by atoms with E-state index < -0.39 is 0 Å². The molecule has 0 saturated heterocycles. The van der Waals surface area contributed by atoms with Crippen LogP contribution in [0.25, 0.3) is 11.3 Å². The van der Waals surface area contributed by atoms with Crippen molar-refractivity contribution in [2.24, 2.45) is 0 Å². The van der Waals surface area contributed by atoms with Crippen molar-refractivity contribution < 1.29 is 9.26 Å². The maximum absolute atomic E-state index is 8.85. The molecule has 0 aliphatic carbocycles. The van der Waals surface area contributed by atoms with Gasteiger partial charge in [-0.1, -0.05) is 5.16 Å². The van der Waals surface area contributed by atoms with Crippen molar-refractivity contribution in [3.05, 3.63) is 33.4 Å². The molecule has 0 spiro atoms. The van der Waals surface area contributed by atoms with Gasteiger partial charge in [-0.2, -0.15) is 5.26 Å². The van der Waals surface area contributed by atoms with Crippen LogP contribution in [0.4, 0.5) is 0 Å². The van der Waals surface area contributed by atoms with Gasteiger partial charge in [-0.05, 0) is 53.0 Å². The third-order valence-corrected chi connectivity index (χ3v) is 3.40.